The maximum absolute atomic E-state index is 12.2. The van der Waals surface area contributed by atoms with Gasteiger partial charge in [-0.25, -0.2) is 0 Å². The van der Waals surface area contributed by atoms with E-state index in [-0.39, 0.29) is 12.3 Å². The van der Waals surface area contributed by atoms with Crippen molar-refractivity contribution in [2.75, 3.05) is 32.7 Å². The first kappa shape index (κ1) is 15.9. The minimum absolute atomic E-state index is 0.0183. The van der Waals surface area contributed by atoms with Crippen molar-refractivity contribution in [3.05, 3.63) is 0 Å². The van der Waals surface area contributed by atoms with Gasteiger partial charge in [0.25, 0.3) is 0 Å². The molecule has 1 heterocycles. The Hall–Kier alpha value is -1.14. The fourth-order valence-corrected chi connectivity index (χ4v) is 2.19. The number of nitrogens with one attached hydrogen (secondary N) is 2. The van der Waals surface area contributed by atoms with Crippen molar-refractivity contribution in [1.82, 2.24) is 15.5 Å². The van der Waals surface area contributed by atoms with Crippen LogP contribution in [0.1, 0.15) is 33.1 Å². The lowest BCUT2D eigenvalue weighted by Gasteiger charge is -2.39. The number of carbonyl (C=O) groups is 2. The molecule has 0 radical (unpaired) electrons. The Bertz CT molecular complexity index is 312. The van der Waals surface area contributed by atoms with Gasteiger partial charge in [0.1, 0.15) is 0 Å². The van der Waals surface area contributed by atoms with E-state index < -0.39 is 11.5 Å². The van der Waals surface area contributed by atoms with Crippen LogP contribution in [0, 0.1) is 0 Å². The average molecular weight is 271 g/mol. The zero-order chi connectivity index (χ0) is 14.3. The number of carboxylic acid groups (broad SMARTS) is 1. The van der Waals surface area contributed by atoms with E-state index in [9.17, 15) is 9.59 Å². The molecule has 1 aliphatic heterocycles. The smallest absolute Gasteiger partial charge is 0.303 e. The van der Waals surface area contributed by atoms with Gasteiger partial charge in [0.15, 0.2) is 0 Å². The van der Waals surface area contributed by atoms with Crippen molar-refractivity contribution in [2.24, 2.45) is 0 Å². The van der Waals surface area contributed by atoms with Gasteiger partial charge in [-0.3, -0.25) is 14.5 Å². The zero-order valence-corrected chi connectivity index (χ0v) is 11.9. The molecule has 19 heavy (non-hydrogen) atoms. The van der Waals surface area contributed by atoms with Crippen LogP contribution >= 0.6 is 0 Å². The number of amides is 1. The molecule has 0 unspecified atom stereocenters. The van der Waals surface area contributed by atoms with Crippen molar-refractivity contribution in [2.45, 2.75) is 38.6 Å². The third-order valence-corrected chi connectivity index (χ3v) is 3.57. The second-order valence-corrected chi connectivity index (χ2v) is 5.40. The molecular formula is C13H25N3O3. The van der Waals surface area contributed by atoms with Gasteiger partial charge < -0.3 is 15.7 Å². The molecule has 0 aliphatic carbocycles. The second kappa shape index (κ2) is 7.45. The molecule has 3 N–H and O–H groups in total. The molecule has 110 valence electrons. The van der Waals surface area contributed by atoms with Gasteiger partial charge in [0, 0.05) is 39.1 Å². The molecule has 0 saturated carbocycles. The molecule has 0 aromatic carbocycles. The largest absolute Gasteiger partial charge is 0.481 e. The highest BCUT2D eigenvalue weighted by molar-refractivity contribution is 5.85. The molecule has 0 atom stereocenters. The molecule has 1 rings (SSSR count). The number of rotatable bonds is 7. The molecule has 1 fully saturated rings. The number of unbranched alkanes of at least 4 members (excludes halogenated alkanes) is 1. The molecule has 1 saturated heterocycles. The minimum atomic E-state index is -0.785. The van der Waals surface area contributed by atoms with Crippen molar-refractivity contribution in [3.63, 3.8) is 0 Å². The first-order valence-corrected chi connectivity index (χ1v) is 6.90. The summed E-state index contributed by atoms with van der Waals surface area (Å²) >= 11 is 0. The summed E-state index contributed by atoms with van der Waals surface area (Å²) in [6.45, 7) is 7.99. The lowest BCUT2D eigenvalue weighted by Crippen LogP contribution is -2.60. The zero-order valence-electron chi connectivity index (χ0n) is 11.9. The van der Waals surface area contributed by atoms with E-state index >= 15 is 0 Å². The number of piperazine rings is 1. The predicted octanol–water partition coefficient (Wildman–Crippen LogP) is 0.0413. The van der Waals surface area contributed by atoms with E-state index in [1.54, 1.807) is 0 Å². The molecule has 6 heteroatoms. The van der Waals surface area contributed by atoms with Crippen LogP contribution in [0.5, 0.6) is 0 Å². The van der Waals surface area contributed by atoms with Crippen LogP contribution in [0.3, 0.4) is 0 Å². The maximum Gasteiger partial charge on any atom is 0.303 e. The third kappa shape index (κ3) is 5.16. The summed E-state index contributed by atoms with van der Waals surface area (Å²) in [6.07, 6.45) is 1.47. The van der Waals surface area contributed by atoms with Crippen molar-refractivity contribution in [3.8, 4) is 0 Å². The van der Waals surface area contributed by atoms with Crippen molar-refractivity contribution >= 4 is 11.9 Å². The average Bonchev–Trinajstić information content (AvgIpc) is 2.38. The maximum atomic E-state index is 12.2. The van der Waals surface area contributed by atoms with Crippen LogP contribution in [0.15, 0.2) is 0 Å². The van der Waals surface area contributed by atoms with Gasteiger partial charge in [0.2, 0.25) is 5.91 Å². The van der Waals surface area contributed by atoms with Crippen LogP contribution in [0.25, 0.3) is 0 Å². The summed E-state index contributed by atoms with van der Waals surface area (Å²) in [4.78, 5) is 24.7. The van der Waals surface area contributed by atoms with Gasteiger partial charge in [-0.1, -0.05) is 0 Å². The van der Waals surface area contributed by atoms with E-state index in [0.717, 1.165) is 26.2 Å². The van der Waals surface area contributed by atoms with Crippen molar-refractivity contribution in [1.29, 1.82) is 0 Å². The Kier molecular flexibility index (Phi) is 6.24. The van der Waals surface area contributed by atoms with Crippen molar-refractivity contribution < 1.29 is 14.7 Å². The van der Waals surface area contributed by atoms with Gasteiger partial charge in [0.05, 0.1) is 5.54 Å². The summed E-state index contributed by atoms with van der Waals surface area (Å²) < 4.78 is 0. The van der Waals surface area contributed by atoms with Gasteiger partial charge >= 0.3 is 5.97 Å². The summed E-state index contributed by atoms with van der Waals surface area (Å²) in [5, 5.41) is 14.7. The predicted molar refractivity (Wildman–Crippen MR) is 73.0 cm³/mol. The number of hydrogen-bond donors (Lipinski definition) is 3. The number of aliphatic carboxylic acids is 1. The molecule has 6 nitrogen and oxygen atoms in total. The molecule has 0 aromatic rings. The number of carboxylic acids is 1. The quantitative estimate of drug-likeness (QED) is 0.570. The molecule has 1 amide bonds. The highest BCUT2D eigenvalue weighted by Gasteiger charge is 2.34. The van der Waals surface area contributed by atoms with E-state index in [2.05, 4.69) is 15.5 Å². The molecule has 1 aliphatic rings. The SMILES string of the molecule is CC(C)(C(=O)NCCCCC(=O)O)N1CCNCC1. The van der Waals surface area contributed by atoms with Crippen LogP contribution in [0.2, 0.25) is 0 Å². The fourth-order valence-electron chi connectivity index (χ4n) is 2.19. The van der Waals surface area contributed by atoms with Crippen LogP contribution in [-0.2, 0) is 9.59 Å². The Morgan fingerprint density at radius 2 is 1.89 bits per heavy atom. The van der Waals surface area contributed by atoms with E-state index in [0.29, 0.717) is 19.4 Å². The second-order valence-electron chi connectivity index (χ2n) is 5.40. The lowest BCUT2D eigenvalue weighted by atomic mass is 10.0. The van der Waals surface area contributed by atoms with Gasteiger partial charge in [-0.2, -0.15) is 0 Å². The fraction of sp³-hybridized carbons (Fsp3) is 0.846. The number of nitrogens with zero attached hydrogens (tertiary/aromatic N) is 1. The molecule has 0 spiro atoms. The molecular weight excluding hydrogens is 246 g/mol. The highest BCUT2D eigenvalue weighted by atomic mass is 16.4. The van der Waals surface area contributed by atoms with Crippen LogP contribution < -0.4 is 10.6 Å². The van der Waals surface area contributed by atoms with Crippen LogP contribution in [0.4, 0.5) is 0 Å². The van der Waals surface area contributed by atoms with Gasteiger partial charge in [-0.05, 0) is 26.7 Å². The van der Waals surface area contributed by atoms with E-state index in [1.807, 2.05) is 13.8 Å². The third-order valence-electron chi connectivity index (χ3n) is 3.57. The summed E-state index contributed by atoms with van der Waals surface area (Å²) in [7, 11) is 0. The Morgan fingerprint density at radius 3 is 2.47 bits per heavy atom. The summed E-state index contributed by atoms with van der Waals surface area (Å²) in [5.41, 5.74) is -0.505. The first-order valence-electron chi connectivity index (χ1n) is 6.90. The van der Waals surface area contributed by atoms with E-state index in [1.165, 1.54) is 0 Å². The minimum Gasteiger partial charge on any atom is -0.481 e. The van der Waals surface area contributed by atoms with Crippen LogP contribution in [-0.4, -0.2) is 60.1 Å². The topological polar surface area (TPSA) is 81.7 Å². The highest BCUT2D eigenvalue weighted by Crippen LogP contribution is 2.15. The summed E-state index contributed by atoms with van der Waals surface area (Å²) in [6, 6.07) is 0. The number of hydrogen-bond acceptors (Lipinski definition) is 4. The normalized spacial score (nSPS) is 17.2. The van der Waals surface area contributed by atoms with Gasteiger partial charge in [-0.15, -0.1) is 0 Å². The summed E-state index contributed by atoms with van der Waals surface area (Å²) in [5.74, 6) is -0.766. The Balaban J connectivity index is 2.28. The lowest BCUT2D eigenvalue weighted by molar-refractivity contribution is -0.137. The standard InChI is InChI=1S/C13H25N3O3/c1-13(2,16-9-7-14-8-10-16)12(19)15-6-4-3-5-11(17)18/h14H,3-10H2,1-2H3,(H,15,19)(H,17,18). The Morgan fingerprint density at radius 1 is 1.26 bits per heavy atom. The number of carbonyl (C=O) groups excluding carboxylic acids is 1. The molecule has 0 bridgehead atoms. The first-order chi connectivity index (χ1) is 8.94. The Labute approximate surface area is 114 Å². The van der Waals surface area contributed by atoms with E-state index in [4.69, 9.17) is 5.11 Å². The molecule has 0 aromatic heterocycles. The monoisotopic (exact) mass is 271 g/mol.